The number of hydrogen-bond acceptors (Lipinski definition) is 2. The minimum absolute atomic E-state index is 0.0677. The lowest BCUT2D eigenvalue weighted by Gasteiger charge is -2.29. The first-order valence-electron chi connectivity index (χ1n) is 9.22. The van der Waals surface area contributed by atoms with Crippen LogP contribution in [0.5, 0.6) is 0 Å². The topological polar surface area (TPSA) is 40.5 Å². The molecule has 0 saturated carbocycles. The highest BCUT2D eigenvalue weighted by Crippen LogP contribution is 2.44. The average molecular weight is 426 g/mol. The third-order valence-electron chi connectivity index (χ3n) is 5.12. The number of likely N-dealkylation sites (tertiary alicyclic amines) is 1. The van der Waals surface area contributed by atoms with E-state index in [0.29, 0.717) is 23.6 Å². The number of amides is 1. The molecule has 3 unspecified atom stereocenters. The van der Waals surface area contributed by atoms with Gasteiger partial charge in [0.1, 0.15) is 11.6 Å². The molecule has 1 amide bonds. The van der Waals surface area contributed by atoms with Gasteiger partial charge in [-0.1, -0.05) is 18.5 Å². The molecule has 1 fully saturated rings. The van der Waals surface area contributed by atoms with Crippen molar-refractivity contribution in [2.75, 3.05) is 6.54 Å². The molecule has 0 spiro atoms. The standard InChI is InChI=1S/C21H22ClF2NO2S/c1-13(11-16-3-2-10-25(16)21(26)27)20(18-12-15(23)6-9-19(18)24)28-17-7-4-14(22)5-8-17/h4-9,12-13,16,20H,2-3,10-11H2,1H3,(H,26,27). The van der Waals surface area contributed by atoms with Gasteiger partial charge in [0.05, 0.1) is 0 Å². The average Bonchev–Trinajstić information content (AvgIpc) is 3.12. The Bertz CT molecular complexity index is 834. The summed E-state index contributed by atoms with van der Waals surface area (Å²) in [5.41, 5.74) is 0.298. The van der Waals surface area contributed by atoms with E-state index >= 15 is 0 Å². The monoisotopic (exact) mass is 425 g/mol. The highest BCUT2D eigenvalue weighted by molar-refractivity contribution is 7.99. The molecule has 150 valence electrons. The van der Waals surface area contributed by atoms with Gasteiger partial charge in [-0.15, -0.1) is 11.8 Å². The van der Waals surface area contributed by atoms with E-state index in [2.05, 4.69) is 0 Å². The molecule has 3 rings (SSSR count). The Morgan fingerprint density at radius 3 is 2.68 bits per heavy atom. The van der Waals surface area contributed by atoms with Crippen LogP contribution < -0.4 is 0 Å². The number of carboxylic acid groups (broad SMARTS) is 1. The molecule has 2 aromatic carbocycles. The number of hydrogen-bond donors (Lipinski definition) is 1. The lowest BCUT2D eigenvalue weighted by molar-refractivity contribution is 0.134. The van der Waals surface area contributed by atoms with Gasteiger partial charge >= 0.3 is 6.09 Å². The molecule has 0 aromatic heterocycles. The molecular weight excluding hydrogens is 404 g/mol. The Hall–Kier alpha value is -1.79. The smallest absolute Gasteiger partial charge is 0.407 e. The maximum atomic E-state index is 14.6. The third kappa shape index (κ3) is 4.97. The van der Waals surface area contributed by atoms with Gasteiger partial charge in [0.2, 0.25) is 0 Å². The SMILES string of the molecule is CC(CC1CCCN1C(=O)O)C(Sc1ccc(Cl)cc1)c1cc(F)ccc1F. The zero-order valence-electron chi connectivity index (χ0n) is 15.4. The van der Waals surface area contributed by atoms with Crippen LogP contribution in [0, 0.1) is 17.6 Å². The Kier molecular flexibility index (Phi) is 6.83. The first kappa shape index (κ1) is 20.9. The summed E-state index contributed by atoms with van der Waals surface area (Å²) in [5, 5.41) is 9.64. The second kappa shape index (κ2) is 9.14. The van der Waals surface area contributed by atoms with Gasteiger partial charge in [0.25, 0.3) is 0 Å². The minimum Gasteiger partial charge on any atom is -0.465 e. The summed E-state index contributed by atoms with van der Waals surface area (Å²) in [6.07, 6.45) is 1.29. The Morgan fingerprint density at radius 2 is 2.00 bits per heavy atom. The zero-order valence-corrected chi connectivity index (χ0v) is 17.0. The molecule has 1 N–H and O–H groups in total. The molecule has 1 saturated heterocycles. The molecule has 3 atom stereocenters. The molecule has 1 heterocycles. The summed E-state index contributed by atoms with van der Waals surface area (Å²) in [7, 11) is 0. The molecule has 2 aromatic rings. The molecule has 0 bridgehead atoms. The van der Waals surface area contributed by atoms with Crippen molar-refractivity contribution in [1.82, 2.24) is 4.90 Å². The number of carbonyl (C=O) groups is 1. The van der Waals surface area contributed by atoms with Crippen LogP contribution in [-0.2, 0) is 0 Å². The van der Waals surface area contributed by atoms with Crippen molar-refractivity contribution < 1.29 is 18.7 Å². The van der Waals surface area contributed by atoms with Gasteiger partial charge in [0, 0.05) is 33.3 Å². The van der Waals surface area contributed by atoms with Crippen LogP contribution in [0.25, 0.3) is 0 Å². The lowest BCUT2D eigenvalue weighted by Crippen LogP contribution is -2.35. The van der Waals surface area contributed by atoms with Crippen LogP contribution in [0.4, 0.5) is 13.6 Å². The first-order valence-corrected chi connectivity index (χ1v) is 10.5. The summed E-state index contributed by atoms with van der Waals surface area (Å²) >= 11 is 7.40. The second-order valence-corrected chi connectivity index (χ2v) is 8.79. The number of halogens is 3. The van der Waals surface area contributed by atoms with Gasteiger partial charge in [-0.3, -0.25) is 0 Å². The highest BCUT2D eigenvalue weighted by Gasteiger charge is 2.33. The Labute approximate surface area is 172 Å². The van der Waals surface area contributed by atoms with E-state index in [-0.39, 0.29) is 17.2 Å². The predicted octanol–water partition coefficient (Wildman–Crippen LogP) is 6.62. The number of benzene rings is 2. The second-order valence-electron chi connectivity index (χ2n) is 7.14. The minimum atomic E-state index is -0.923. The van der Waals surface area contributed by atoms with E-state index in [1.54, 1.807) is 12.1 Å². The van der Waals surface area contributed by atoms with Crippen molar-refractivity contribution >= 4 is 29.5 Å². The molecule has 1 aliphatic rings. The van der Waals surface area contributed by atoms with Crippen LogP contribution in [0.3, 0.4) is 0 Å². The fourth-order valence-corrected chi connectivity index (χ4v) is 5.13. The van der Waals surface area contributed by atoms with E-state index in [4.69, 9.17) is 11.6 Å². The van der Waals surface area contributed by atoms with Crippen LogP contribution in [0.1, 0.15) is 37.0 Å². The normalized spacial score (nSPS) is 18.9. The quantitative estimate of drug-likeness (QED) is 0.528. The molecule has 0 radical (unpaired) electrons. The summed E-state index contributed by atoms with van der Waals surface area (Å²) in [6.45, 7) is 2.49. The van der Waals surface area contributed by atoms with Gasteiger partial charge in [0.15, 0.2) is 0 Å². The molecule has 1 aliphatic heterocycles. The third-order valence-corrected chi connectivity index (χ3v) is 6.89. The van der Waals surface area contributed by atoms with E-state index < -0.39 is 17.7 Å². The van der Waals surface area contributed by atoms with Crippen LogP contribution >= 0.6 is 23.4 Å². The Balaban J connectivity index is 1.87. The number of thioether (sulfide) groups is 1. The van der Waals surface area contributed by atoms with E-state index in [9.17, 15) is 18.7 Å². The van der Waals surface area contributed by atoms with E-state index in [1.807, 2.05) is 19.1 Å². The molecule has 7 heteroatoms. The summed E-state index contributed by atoms with van der Waals surface area (Å²) in [4.78, 5) is 13.8. The van der Waals surface area contributed by atoms with E-state index in [0.717, 1.165) is 29.9 Å². The number of nitrogens with zero attached hydrogens (tertiary/aromatic N) is 1. The van der Waals surface area contributed by atoms with Crippen LogP contribution in [0.2, 0.25) is 5.02 Å². The lowest BCUT2D eigenvalue weighted by atomic mass is 9.92. The molecule has 3 nitrogen and oxygen atoms in total. The maximum absolute atomic E-state index is 14.6. The maximum Gasteiger partial charge on any atom is 0.407 e. The van der Waals surface area contributed by atoms with Gasteiger partial charge in [-0.05, 0) is 67.6 Å². The molecule has 0 aliphatic carbocycles. The summed E-state index contributed by atoms with van der Waals surface area (Å²) in [5.74, 6) is -1.01. The van der Waals surface area contributed by atoms with Crippen molar-refractivity contribution in [2.24, 2.45) is 5.92 Å². The Morgan fingerprint density at radius 1 is 1.29 bits per heavy atom. The van der Waals surface area contributed by atoms with Crippen molar-refractivity contribution in [3.05, 3.63) is 64.7 Å². The van der Waals surface area contributed by atoms with Crippen molar-refractivity contribution in [2.45, 2.75) is 42.4 Å². The molecule has 28 heavy (non-hydrogen) atoms. The first-order chi connectivity index (χ1) is 13.3. The van der Waals surface area contributed by atoms with Gasteiger partial charge < -0.3 is 10.0 Å². The largest absolute Gasteiger partial charge is 0.465 e. The van der Waals surface area contributed by atoms with Gasteiger partial charge in [-0.2, -0.15) is 0 Å². The van der Waals surface area contributed by atoms with Crippen LogP contribution in [-0.4, -0.2) is 28.7 Å². The van der Waals surface area contributed by atoms with Crippen molar-refractivity contribution in [1.29, 1.82) is 0 Å². The molecular formula is C21H22ClF2NO2S. The van der Waals surface area contributed by atoms with E-state index in [1.165, 1.54) is 22.7 Å². The van der Waals surface area contributed by atoms with Crippen LogP contribution in [0.15, 0.2) is 47.4 Å². The summed E-state index contributed by atoms with van der Waals surface area (Å²) < 4.78 is 28.4. The fraction of sp³-hybridized carbons (Fsp3) is 0.381. The summed E-state index contributed by atoms with van der Waals surface area (Å²) in [6, 6.07) is 10.6. The van der Waals surface area contributed by atoms with Crippen molar-refractivity contribution in [3.8, 4) is 0 Å². The van der Waals surface area contributed by atoms with Gasteiger partial charge in [-0.25, -0.2) is 13.6 Å². The highest BCUT2D eigenvalue weighted by atomic mass is 35.5. The predicted molar refractivity (Wildman–Crippen MR) is 108 cm³/mol. The zero-order chi connectivity index (χ0) is 20.3. The number of rotatable bonds is 6. The van der Waals surface area contributed by atoms with Crippen molar-refractivity contribution in [3.63, 3.8) is 0 Å². The fourth-order valence-electron chi connectivity index (χ4n) is 3.76.